The number of nitrogens with zero attached hydrogens (tertiary/aromatic N) is 1. The third kappa shape index (κ3) is 2.27. The van der Waals surface area contributed by atoms with Gasteiger partial charge in [0.05, 0.1) is 12.2 Å². The molecule has 2 aliphatic rings. The zero-order valence-electron chi connectivity index (χ0n) is 8.73. The first-order chi connectivity index (χ1) is 6.77. The predicted octanol–water partition coefficient (Wildman–Crippen LogP) is 0.747. The van der Waals surface area contributed by atoms with E-state index in [1.54, 1.807) is 0 Å². The molecule has 2 N–H and O–H groups in total. The van der Waals surface area contributed by atoms with Gasteiger partial charge in [0.1, 0.15) is 0 Å². The van der Waals surface area contributed by atoms with Crippen molar-refractivity contribution in [2.75, 3.05) is 13.1 Å². The second kappa shape index (κ2) is 4.60. The topological polar surface area (TPSA) is 43.7 Å². The maximum atomic E-state index is 9.88. The van der Waals surface area contributed by atoms with Gasteiger partial charge in [0.25, 0.3) is 0 Å². The molecule has 1 aliphatic heterocycles. The van der Waals surface area contributed by atoms with E-state index in [0.717, 1.165) is 45.2 Å². The summed E-state index contributed by atoms with van der Waals surface area (Å²) in [7, 11) is 0. The lowest BCUT2D eigenvalue weighted by Crippen LogP contribution is -2.50. The van der Waals surface area contributed by atoms with Crippen molar-refractivity contribution in [1.29, 1.82) is 0 Å². The molecule has 0 amide bonds. The first kappa shape index (κ1) is 10.4. The van der Waals surface area contributed by atoms with E-state index in [1.165, 1.54) is 6.42 Å². The van der Waals surface area contributed by atoms with Crippen LogP contribution in [0.3, 0.4) is 0 Å². The normalized spacial score (nSPS) is 41.1. The Labute approximate surface area is 85.7 Å². The van der Waals surface area contributed by atoms with Crippen LogP contribution in [0.5, 0.6) is 0 Å². The second-order valence-corrected chi connectivity index (χ2v) is 4.71. The standard InChI is InChI=1S/C11H21NO2/c13-9-4-3-7-12(8-9)10-5-1-2-6-11(10)14/h9-11,13-14H,1-8H2/t9-,10?,11?/m0/s1. The van der Waals surface area contributed by atoms with E-state index in [0.29, 0.717) is 6.04 Å². The molecule has 1 heterocycles. The van der Waals surface area contributed by atoms with Crippen molar-refractivity contribution in [1.82, 2.24) is 4.90 Å². The van der Waals surface area contributed by atoms with Gasteiger partial charge >= 0.3 is 0 Å². The minimum absolute atomic E-state index is 0.158. The van der Waals surface area contributed by atoms with Crippen LogP contribution in [-0.4, -0.2) is 46.5 Å². The average Bonchev–Trinajstić information content (AvgIpc) is 2.18. The Kier molecular flexibility index (Phi) is 3.42. The first-order valence-corrected chi connectivity index (χ1v) is 5.87. The minimum atomic E-state index is -0.169. The first-order valence-electron chi connectivity index (χ1n) is 5.87. The molecule has 82 valence electrons. The highest BCUT2D eigenvalue weighted by Crippen LogP contribution is 2.25. The maximum Gasteiger partial charge on any atom is 0.0695 e. The lowest BCUT2D eigenvalue weighted by molar-refractivity contribution is -0.0206. The van der Waals surface area contributed by atoms with Crippen molar-refractivity contribution >= 4 is 0 Å². The summed E-state index contributed by atoms with van der Waals surface area (Å²) in [6.45, 7) is 1.82. The number of piperidine rings is 1. The lowest BCUT2D eigenvalue weighted by Gasteiger charge is -2.41. The number of hydrogen-bond donors (Lipinski definition) is 2. The van der Waals surface area contributed by atoms with Crippen molar-refractivity contribution < 1.29 is 10.2 Å². The SMILES string of the molecule is OC1CCCCC1N1CCC[C@H](O)C1. The summed E-state index contributed by atoms with van der Waals surface area (Å²) in [6, 6.07) is 0.318. The summed E-state index contributed by atoms with van der Waals surface area (Å²) in [5, 5.41) is 19.5. The third-order valence-electron chi connectivity index (χ3n) is 3.59. The summed E-state index contributed by atoms with van der Waals surface area (Å²) in [5.41, 5.74) is 0. The Bertz CT molecular complexity index is 186. The van der Waals surface area contributed by atoms with Crippen molar-refractivity contribution in [3.05, 3.63) is 0 Å². The Balaban J connectivity index is 1.91. The molecule has 0 aromatic carbocycles. The molecular formula is C11H21NO2. The van der Waals surface area contributed by atoms with Crippen LogP contribution in [-0.2, 0) is 0 Å². The molecule has 2 rings (SSSR count). The van der Waals surface area contributed by atoms with E-state index in [-0.39, 0.29) is 12.2 Å². The van der Waals surface area contributed by atoms with Crippen molar-refractivity contribution in [3.8, 4) is 0 Å². The van der Waals surface area contributed by atoms with Gasteiger partial charge < -0.3 is 10.2 Å². The van der Waals surface area contributed by atoms with E-state index >= 15 is 0 Å². The van der Waals surface area contributed by atoms with Crippen LogP contribution >= 0.6 is 0 Å². The Morgan fingerprint density at radius 1 is 0.929 bits per heavy atom. The zero-order chi connectivity index (χ0) is 9.97. The fourth-order valence-corrected chi connectivity index (χ4v) is 2.80. The molecule has 1 saturated carbocycles. The van der Waals surface area contributed by atoms with E-state index in [2.05, 4.69) is 4.90 Å². The van der Waals surface area contributed by atoms with E-state index in [1.807, 2.05) is 0 Å². The monoisotopic (exact) mass is 199 g/mol. The molecule has 0 radical (unpaired) electrons. The highest BCUT2D eigenvalue weighted by atomic mass is 16.3. The van der Waals surface area contributed by atoms with Gasteiger partial charge in [-0.15, -0.1) is 0 Å². The van der Waals surface area contributed by atoms with Crippen LogP contribution in [0.2, 0.25) is 0 Å². The number of likely N-dealkylation sites (tertiary alicyclic amines) is 1. The fraction of sp³-hybridized carbons (Fsp3) is 1.00. The van der Waals surface area contributed by atoms with Gasteiger partial charge in [-0.2, -0.15) is 0 Å². The average molecular weight is 199 g/mol. The van der Waals surface area contributed by atoms with Crippen LogP contribution in [0, 0.1) is 0 Å². The van der Waals surface area contributed by atoms with Crippen LogP contribution in [0.15, 0.2) is 0 Å². The van der Waals surface area contributed by atoms with Crippen molar-refractivity contribution in [2.45, 2.75) is 56.8 Å². The highest BCUT2D eigenvalue weighted by Gasteiger charge is 2.31. The van der Waals surface area contributed by atoms with Gasteiger partial charge in [-0.3, -0.25) is 4.90 Å². The minimum Gasteiger partial charge on any atom is -0.392 e. The van der Waals surface area contributed by atoms with E-state index in [9.17, 15) is 10.2 Å². The summed E-state index contributed by atoms with van der Waals surface area (Å²) >= 11 is 0. The number of aliphatic hydroxyl groups is 2. The van der Waals surface area contributed by atoms with Crippen LogP contribution in [0.4, 0.5) is 0 Å². The summed E-state index contributed by atoms with van der Waals surface area (Å²) in [4.78, 5) is 2.29. The molecule has 0 aromatic heterocycles. The van der Waals surface area contributed by atoms with Gasteiger partial charge in [0.15, 0.2) is 0 Å². The summed E-state index contributed by atoms with van der Waals surface area (Å²) in [6.07, 6.45) is 6.11. The molecule has 14 heavy (non-hydrogen) atoms. The van der Waals surface area contributed by atoms with Gasteiger partial charge in [-0.05, 0) is 32.2 Å². The summed E-state index contributed by atoms with van der Waals surface area (Å²) < 4.78 is 0. The molecule has 2 unspecified atom stereocenters. The van der Waals surface area contributed by atoms with Gasteiger partial charge in [0, 0.05) is 12.6 Å². The molecule has 0 aromatic rings. The van der Waals surface area contributed by atoms with Crippen molar-refractivity contribution in [2.24, 2.45) is 0 Å². The summed E-state index contributed by atoms with van der Waals surface area (Å²) in [5.74, 6) is 0. The fourth-order valence-electron chi connectivity index (χ4n) is 2.80. The molecule has 0 bridgehead atoms. The van der Waals surface area contributed by atoms with E-state index < -0.39 is 0 Å². The largest absolute Gasteiger partial charge is 0.392 e. The smallest absolute Gasteiger partial charge is 0.0695 e. The quantitative estimate of drug-likeness (QED) is 0.655. The van der Waals surface area contributed by atoms with E-state index in [4.69, 9.17) is 0 Å². The second-order valence-electron chi connectivity index (χ2n) is 4.71. The maximum absolute atomic E-state index is 9.88. The van der Waals surface area contributed by atoms with Crippen LogP contribution in [0.25, 0.3) is 0 Å². The molecule has 3 atom stereocenters. The lowest BCUT2D eigenvalue weighted by atomic mass is 9.90. The molecule has 1 saturated heterocycles. The van der Waals surface area contributed by atoms with Gasteiger partial charge in [-0.1, -0.05) is 12.8 Å². The number of aliphatic hydroxyl groups excluding tert-OH is 2. The van der Waals surface area contributed by atoms with Crippen LogP contribution < -0.4 is 0 Å². The predicted molar refractivity (Wildman–Crippen MR) is 55.1 cm³/mol. The van der Waals surface area contributed by atoms with Gasteiger partial charge in [0.2, 0.25) is 0 Å². The van der Waals surface area contributed by atoms with Crippen LogP contribution in [0.1, 0.15) is 38.5 Å². The van der Waals surface area contributed by atoms with Gasteiger partial charge in [-0.25, -0.2) is 0 Å². The Morgan fingerprint density at radius 2 is 1.71 bits per heavy atom. The molecule has 3 nitrogen and oxygen atoms in total. The third-order valence-corrected chi connectivity index (χ3v) is 3.59. The number of rotatable bonds is 1. The number of β-amino-alcohol motifs (C(OH)–C–C–N with tert-alkyl or cyclic N) is 1. The zero-order valence-corrected chi connectivity index (χ0v) is 8.73. The molecule has 2 fully saturated rings. The molecule has 3 heteroatoms. The number of hydrogen-bond acceptors (Lipinski definition) is 3. The Hall–Kier alpha value is -0.120. The molecular weight excluding hydrogens is 178 g/mol. The Morgan fingerprint density at radius 3 is 2.43 bits per heavy atom. The molecule has 1 aliphatic carbocycles. The highest BCUT2D eigenvalue weighted by molar-refractivity contribution is 4.86. The molecule has 0 spiro atoms. The van der Waals surface area contributed by atoms with Crippen molar-refractivity contribution in [3.63, 3.8) is 0 Å².